The van der Waals surface area contributed by atoms with Crippen LogP contribution in [0.25, 0.3) is 0 Å². The molecule has 0 aromatic rings. The SMILES string of the molecule is CNCCCS(=O)(=O)N(C)CCCN(C)C. The standard InChI is InChI=1S/C10H25N3O2S/c1-11-7-5-10-16(14,15)13(4)9-6-8-12(2)3/h11H,5-10H2,1-4H3. The van der Waals surface area contributed by atoms with E-state index in [1.165, 1.54) is 4.31 Å². The normalized spacial score (nSPS) is 12.6. The lowest BCUT2D eigenvalue weighted by molar-refractivity contribution is 0.370. The molecule has 0 spiro atoms. The van der Waals surface area contributed by atoms with Gasteiger partial charge >= 0.3 is 0 Å². The highest BCUT2D eigenvalue weighted by molar-refractivity contribution is 7.89. The first-order valence-corrected chi connectivity index (χ1v) is 7.24. The first-order valence-electron chi connectivity index (χ1n) is 5.63. The molecule has 98 valence electrons. The fourth-order valence-electron chi connectivity index (χ4n) is 1.34. The Hall–Kier alpha value is -0.170. The van der Waals surface area contributed by atoms with Crippen LogP contribution in [0.1, 0.15) is 12.8 Å². The van der Waals surface area contributed by atoms with E-state index in [0.717, 1.165) is 19.5 Å². The Labute approximate surface area is 99.9 Å². The number of sulfonamides is 1. The van der Waals surface area contributed by atoms with Crippen molar-refractivity contribution in [3.63, 3.8) is 0 Å². The molecule has 5 nitrogen and oxygen atoms in total. The second-order valence-electron chi connectivity index (χ2n) is 4.25. The van der Waals surface area contributed by atoms with Crippen molar-refractivity contribution in [1.82, 2.24) is 14.5 Å². The zero-order chi connectivity index (χ0) is 12.6. The predicted molar refractivity (Wildman–Crippen MR) is 68.1 cm³/mol. The largest absolute Gasteiger partial charge is 0.320 e. The number of hydrogen-bond acceptors (Lipinski definition) is 4. The highest BCUT2D eigenvalue weighted by Gasteiger charge is 2.16. The molecule has 0 rings (SSSR count). The van der Waals surface area contributed by atoms with E-state index in [1.54, 1.807) is 7.05 Å². The summed E-state index contributed by atoms with van der Waals surface area (Å²) in [6.45, 7) is 2.25. The lowest BCUT2D eigenvalue weighted by Crippen LogP contribution is -2.32. The zero-order valence-corrected chi connectivity index (χ0v) is 11.7. The van der Waals surface area contributed by atoms with Gasteiger partial charge in [-0.15, -0.1) is 0 Å². The molecular formula is C10H25N3O2S. The molecule has 0 saturated heterocycles. The van der Waals surface area contributed by atoms with Crippen molar-refractivity contribution >= 4 is 10.0 Å². The minimum atomic E-state index is -3.06. The summed E-state index contributed by atoms with van der Waals surface area (Å²) in [4.78, 5) is 2.06. The maximum absolute atomic E-state index is 11.8. The monoisotopic (exact) mass is 251 g/mol. The summed E-state index contributed by atoms with van der Waals surface area (Å²) in [5, 5.41) is 2.95. The lowest BCUT2D eigenvalue weighted by atomic mass is 10.4. The van der Waals surface area contributed by atoms with Crippen LogP contribution in [-0.2, 0) is 10.0 Å². The summed E-state index contributed by atoms with van der Waals surface area (Å²) in [6, 6.07) is 0. The van der Waals surface area contributed by atoms with Crippen molar-refractivity contribution in [3.8, 4) is 0 Å². The summed E-state index contributed by atoms with van der Waals surface area (Å²) in [5.74, 6) is 0.228. The van der Waals surface area contributed by atoms with Crippen LogP contribution in [0.4, 0.5) is 0 Å². The first-order chi connectivity index (χ1) is 7.40. The molecule has 0 heterocycles. The van der Waals surface area contributed by atoms with Gasteiger partial charge in [-0.05, 0) is 47.1 Å². The maximum atomic E-state index is 11.8. The number of nitrogens with zero attached hydrogens (tertiary/aromatic N) is 2. The third kappa shape index (κ3) is 7.16. The molecule has 0 atom stereocenters. The van der Waals surface area contributed by atoms with Crippen LogP contribution in [0.2, 0.25) is 0 Å². The molecule has 0 saturated carbocycles. The molecule has 0 aliphatic rings. The molecule has 0 fully saturated rings. The van der Waals surface area contributed by atoms with E-state index in [4.69, 9.17) is 0 Å². The van der Waals surface area contributed by atoms with Gasteiger partial charge in [0, 0.05) is 13.6 Å². The van der Waals surface area contributed by atoms with Crippen molar-refractivity contribution in [2.45, 2.75) is 12.8 Å². The number of hydrogen-bond donors (Lipinski definition) is 1. The molecular weight excluding hydrogens is 226 g/mol. The van der Waals surface area contributed by atoms with Crippen LogP contribution in [0.5, 0.6) is 0 Å². The second-order valence-corrected chi connectivity index (χ2v) is 6.45. The Morgan fingerprint density at radius 1 is 1.06 bits per heavy atom. The molecule has 0 radical (unpaired) electrons. The predicted octanol–water partition coefficient (Wildman–Crippen LogP) is -0.191. The van der Waals surface area contributed by atoms with Gasteiger partial charge in [0.15, 0.2) is 0 Å². The van der Waals surface area contributed by atoms with E-state index in [0.29, 0.717) is 13.0 Å². The Balaban J connectivity index is 3.90. The van der Waals surface area contributed by atoms with Crippen molar-refractivity contribution in [3.05, 3.63) is 0 Å². The average Bonchev–Trinajstić information content (AvgIpc) is 2.17. The molecule has 0 unspecified atom stereocenters. The molecule has 16 heavy (non-hydrogen) atoms. The van der Waals surface area contributed by atoms with Crippen molar-refractivity contribution in [2.75, 3.05) is 53.6 Å². The van der Waals surface area contributed by atoms with Crippen molar-refractivity contribution < 1.29 is 8.42 Å². The Morgan fingerprint density at radius 3 is 2.19 bits per heavy atom. The Morgan fingerprint density at radius 2 is 1.69 bits per heavy atom. The van der Waals surface area contributed by atoms with Gasteiger partial charge in [0.2, 0.25) is 10.0 Å². The van der Waals surface area contributed by atoms with Crippen LogP contribution >= 0.6 is 0 Å². The van der Waals surface area contributed by atoms with Gasteiger partial charge in [-0.25, -0.2) is 12.7 Å². The fraction of sp³-hybridized carbons (Fsp3) is 1.00. The van der Waals surface area contributed by atoms with Gasteiger partial charge in [-0.2, -0.15) is 0 Å². The van der Waals surface area contributed by atoms with Crippen LogP contribution in [0, 0.1) is 0 Å². The van der Waals surface area contributed by atoms with Gasteiger partial charge in [-0.1, -0.05) is 0 Å². The average molecular weight is 251 g/mol. The van der Waals surface area contributed by atoms with E-state index in [-0.39, 0.29) is 5.75 Å². The fourth-order valence-corrected chi connectivity index (χ4v) is 2.56. The molecule has 0 bridgehead atoms. The van der Waals surface area contributed by atoms with Crippen molar-refractivity contribution in [1.29, 1.82) is 0 Å². The number of nitrogens with one attached hydrogen (secondary N) is 1. The van der Waals surface area contributed by atoms with Crippen LogP contribution in [0.15, 0.2) is 0 Å². The van der Waals surface area contributed by atoms with E-state index in [2.05, 4.69) is 10.2 Å². The van der Waals surface area contributed by atoms with Crippen molar-refractivity contribution in [2.24, 2.45) is 0 Å². The molecule has 0 amide bonds. The lowest BCUT2D eigenvalue weighted by Gasteiger charge is -2.18. The molecule has 0 aromatic heterocycles. The molecule has 0 aromatic carbocycles. The first kappa shape index (κ1) is 15.8. The Kier molecular flexibility index (Phi) is 7.91. The molecule has 0 aliphatic heterocycles. The van der Waals surface area contributed by atoms with Gasteiger partial charge in [0.1, 0.15) is 0 Å². The maximum Gasteiger partial charge on any atom is 0.213 e. The molecule has 6 heteroatoms. The second kappa shape index (κ2) is 8.00. The summed E-state index contributed by atoms with van der Waals surface area (Å²) < 4.78 is 25.0. The Bertz CT molecular complexity index is 265. The summed E-state index contributed by atoms with van der Waals surface area (Å²) >= 11 is 0. The van der Waals surface area contributed by atoms with E-state index in [9.17, 15) is 8.42 Å². The van der Waals surface area contributed by atoms with Crippen LogP contribution in [0.3, 0.4) is 0 Å². The smallest absolute Gasteiger partial charge is 0.213 e. The third-order valence-electron chi connectivity index (χ3n) is 2.38. The topological polar surface area (TPSA) is 52.7 Å². The van der Waals surface area contributed by atoms with Gasteiger partial charge < -0.3 is 10.2 Å². The summed E-state index contributed by atoms with van der Waals surface area (Å²) in [5.41, 5.74) is 0. The van der Waals surface area contributed by atoms with E-state index in [1.807, 2.05) is 21.1 Å². The minimum Gasteiger partial charge on any atom is -0.320 e. The number of rotatable bonds is 9. The minimum absolute atomic E-state index is 0.228. The quantitative estimate of drug-likeness (QED) is 0.577. The van der Waals surface area contributed by atoms with Gasteiger partial charge in [0.05, 0.1) is 5.75 Å². The third-order valence-corrected chi connectivity index (χ3v) is 4.32. The van der Waals surface area contributed by atoms with E-state index < -0.39 is 10.0 Å². The van der Waals surface area contributed by atoms with E-state index >= 15 is 0 Å². The molecule has 0 aliphatic carbocycles. The van der Waals surface area contributed by atoms with Gasteiger partial charge in [0.25, 0.3) is 0 Å². The van der Waals surface area contributed by atoms with Gasteiger partial charge in [-0.3, -0.25) is 0 Å². The van der Waals surface area contributed by atoms with Crippen LogP contribution < -0.4 is 5.32 Å². The van der Waals surface area contributed by atoms with Crippen LogP contribution in [-0.4, -0.2) is 71.2 Å². The summed E-state index contributed by atoms with van der Waals surface area (Å²) in [7, 11) is 4.40. The summed E-state index contributed by atoms with van der Waals surface area (Å²) in [6.07, 6.45) is 1.53. The zero-order valence-electron chi connectivity index (χ0n) is 10.9. The molecule has 1 N–H and O–H groups in total. The highest BCUT2D eigenvalue weighted by atomic mass is 32.2. The highest BCUT2D eigenvalue weighted by Crippen LogP contribution is 2.01.